The zero-order chi connectivity index (χ0) is 14.9. The molecule has 10 heteroatoms. The molecule has 0 aliphatic rings. The van der Waals surface area contributed by atoms with Gasteiger partial charge in [-0.2, -0.15) is 18.3 Å². The maximum Gasteiger partial charge on any atom is 0.416 e. The van der Waals surface area contributed by atoms with Gasteiger partial charge in [0.25, 0.3) is 0 Å². The molecule has 2 heterocycles. The Morgan fingerprint density at radius 2 is 2.05 bits per heavy atom. The maximum absolute atomic E-state index is 12.7. The summed E-state index contributed by atoms with van der Waals surface area (Å²) < 4.78 is 40.9. The van der Waals surface area contributed by atoms with Crippen LogP contribution < -0.4 is 0 Å². The first kappa shape index (κ1) is 13.2. The molecule has 0 fully saturated rings. The lowest BCUT2D eigenvalue weighted by molar-refractivity contribution is -0.137. The zero-order valence-electron chi connectivity index (χ0n) is 10.4. The van der Waals surface area contributed by atoms with E-state index in [1.807, 2.05) is 0 Å². The minimum Gasteiger partial charge on any atom is -0.225 e. The van der Waals surface area contributed by atoms with Gasteiger partial charge >= 0.3 is 6.18 Å². The highest BCUT2D eigenvalue weighted by Crippen LogP contribution is 2.30. The summed E-state index contributed by atoms with van der Waals surface area (Å²) in [5.41, 5.74) is -0.478. The number of rotatable bonds is 3. The van der Waals surface area contributed by atoms with Crippen LogP contribution in [0.5, 0.6) is 0 Å². The van der Waals surface area contributed by atoms with Crippen LogP contribution in [-0.4, -0.2) is 35.0 Å². The minimum atomic E-state index is -4.41. The number of hydrogen-bond acceptors (Lipinski definition) is 5. The number of halogens is 3. The quantitative estimate of drug-likeness (QED) is 0.728. The van der Waals surface area contributed by atoms with Gasteiger partial charge in [-0.15, -0.1) is 5.10 Å². The highest BCUT2D eigenvalue weighted by molar-refractivity contribution is 5.36. The van der Waals surface area contributed by atoms with Crippen molar-refractivity contribution in [3.8, 4) is 5.69 Å². The first-order chi connectivity index (χ1) is 10.0. The Bertz CT molecular complexity index is 732. The summed E-state index contributed by atoms with van der Waals surface area (Å²) in [5, 5.41) is 14.6. The molecule has 3 rings (SSSR count). The summed E-state index contributed by atoms with van der Waals surface area (Å²) in [7, 11) is 0. The van der Waals surface area contributed by atoms with E-state index in [0.29, 0.717) is 5.82 Å². The minimum absolute atomic E-state index is 0.198. The van der Waals surface area contributed by atoms with Crippen molar-refractivity contribution in [3.63, 3.8) is 0 Å². The Kier molecular flexibility index (Phi) is 3.12. The van der Waals surface area contributed by atoms with E-state index in [-0.39, 0.29) is 12.2 Å². The molecular formula is C11H8F3N7. The van der Waals surface area contributed by atoms with Gasteiger partial charge in [-0.05, 0) is 28.6 Å². The molecule has 0 aliphatic carbocycles. The number of alkyl halides is 3. The van der Waals surface area contributed by atoms with Crippen molar-refractivity contribution < 1.29 is 13.2 Å². The van der Waals surface area contributed by atoms with Gasteiger partial charge in [0.2, 0.25) is 0 Å². The Labute approximate surface area is 116 Å². The van der Waals surface area contributed by atoms with E-state index in [0.717, 1.165) is 12.1 Å². The Balaban J connectivity index is 1.96. The van der Waals surface area contributed by atoms with Crippen LogP contribution in [0.25, 0.3) is 5.69 Å². The molecule has 0 atom stereocenters. The van der Waals surface area contributed by atoms with Crippen molar-refractivity contribution in [1.29, 1.82) is 0 Å². The fraction of sp³-hybridized carbons (Fsp3) is 0.182. The number of benzene rings is 1. The standard InChI is InChI=1S/C11H8F3N7/c12-11(13,14)8-2-1-3-9(4-8)21-10(15-6-17-21)5-20-7-16-18-19-20/h1-4,6-7H,5H2. The molecule has 7 nitrogen and oxygen atoms in total. The lowest BCUT2D eigenvalue weighted by Crippen LogP contribution is -2.11. The summed E-state index contributed by atoms with van der Waals surface area (Å²) >= 11 is 0. The average Bonchev–Trinajstić information content (AvgIpc) is 3.10. The molecule has 0 radical (unpaired) electrons. The largest absolute Gasteiger partial charge is 0.416 e. The third kappa shape index (κ3) is 2.73. The van der Waals surface area contributed by atoms with Crippen molar-refractivity contribution in [2.24, 2.45) is 0 Å². The van der Waals surface area contributed by atoms with Gasteiger partial charge in [-0.25, -0.2) is 14.3 Å². The van der Waals surface area contributed by atoms with Gasteiger partial charge < -0.3 is 0 Å². The molecular weight excluding hydrogens is 287 g/mol. The van der Waals surface area contributed by atoms with Crippen LogP contribution in [0.15, 0.2) is 36.9 Å². The van der Waals surface area contributed by atoms with E-state index in [1.54, 1.807) is 0 Å². The SMILES string of the molecule is FC(F)(F)c1cccc(-n2ncnc2Cn2cnnn2)c1. The number of nitrogens with zero attached hydrogens (tertiary/aromatic N) is 7. The first-order valence-corrected chi connectivity index (χ1v) is 5.81. The number of hydrogen-bond donors (Lipinski definition) is 0. The second-order valence-electron chi connectivity index (χ2n) is 4.14. The Morgan fingerprint density at radius 1 is 1.19 bits per heavy atom. The predicted octanol–water partition coefficient (Wildman–Crippen LogP) is 1.32. The van der Waals surface area contributed by atoms with Crippen molar-refractivity contribution >= 4 is 0 Å². The number of aromatic nitrogens is 7. The van der Waals surface area contributed by atoms with Gasteiger partial charge in [0.1, 0.15) is 19.2 Å². The highest BCUT2D eigenvalue weighted by atomic mass is 19.4. The summed E-state index contributed by atoms with van der Waals surface area (Å²) in [5.74, 6) is 0.418. The smallest absolute Gasteiger partial charge is 0.225 e. The summed E-state index contributed by atoms with van der Waals surface area (Å²) in [6.07, 6.45) is -1.77. The summed E-state index contributed by atoms with van der Waals surface area (Å²) in [6.45, 7) is 0.198. The average molecular weight is 295 g/mol. The maximum atomic E-state index is 12.7. The van der Waals surface area contributed by atoms with Crippen LogP contribution in [0.1, 0.15) is 11.4 Å². The highest BCUT2D eigenvalue weighted by Gasteiger charge is 2.30. The van der Waals surface area contributed by atoms with Crippen LogP contribution in [0, 0.1) is 0 Å². The van der Waals surface area contributed by atoms with E-state index in [4.69, 9.17) is 0 Å². The van der Waals surface area contributed by atoms with Crippen LogP contribution >= 0.6 is 0 Å². The molecule has 0 saturated heterocycles. The molecule has 0 bridgehead atoms. The molecule has 0 amide bonds. The zero-order valence-corrected chi connectivity index (χ0v) is 10.4. The fourth-order valence-corrected chi connectivity index (χ4v) is 1.80. The van der Waals surface area contributed by atoms with Crippen molar-refractivity contribution in [3.05, 3.63) is 48.3 Å². The number of tetrazole rings is 1. The van der Waals surface area contributed by atoms with Gasteiger partial charge in [0.15, 0.2) is 5.82 Å². The van der Waals surface area contributed by atoms with Gasteiger partial charge in [-0.1, -0.05) is 6.07 Å². The van der Waals surface area contributed by atoms with Gasteiger partial charge in [-0.3, -0.25) is 0 Å². The molecule has 2 aromatic heterocycles. The normalized spacial score (nSPS) is 11.8. The third-order valence-electron chi connectivity index (χ3n) is 2.73. The van der Waals surface area contributed by atoms with E-state index < -0.39 is 11.7 Å². The molecule has 1 aromatic carbocycles. The van der Waals surface area contributed by atoms with Crippen molar-refractivity contribution in [1.82, 2.24) is 35.0 Å². The van der Waals surface area contributed by atoms with E-state index in [9.17, 15) is 13.2 Å². The van der Waals surface area contributed by atoms with E-state index in [2.05, 4.69) is 25.6 Å². The third-order valence-corrected chi connectivity index (χ3v) is 2.73. The Morgan fingerprint density at radius 3 is 2.76 bits per heavy atom. The molecule has 0 aliphatic heterocycles. The monoisotopic (exact) mass is 295 g/mol. The van der Waals surface area contributed by atoms with Crippen molar-refractivity contribution in [2.45, 2.75) is 12.7 Å². The van der Waals surface area contributed by atoms with E-state index >= 15 is 0 Å². The summed E-state index contributed by atoms with van der Waals surface area (Å²) in [6, 6.07) is 4.85. The second-order valence-corrected chi connectivity index (χ2v) is 4.14. The molecule has 0 unspecified atom stereocenters. The fourth-order valence-electron chi connectivity index (χ4n) is 1.80. The van der Waals surface area contributed by atoms with E-state index in [1.165, 1.54) is 34.2 Å². The topological polar surface area (TPSA) is 74.3 Å². The molecule has 0 spiro atoms. The molecule has 0 saturated carbocycles. The van der Waals surface area contributed by atoms with Crippen LogP contribution in [0.4, 0.5) is 13.2 Å². The molecule has 0 N–H and O–H groups in total. The lowest BCUT2D eigenvalue weighted by Gasteiger charge is -2.10. The summed E-state index contributed by atoms with van der Waals surface area (Å²) in [4.78, 5) is 4.01. The first-order valence-electron chi connectivity index (χ1n) is 5.81. The second kappa shape index (κ2) is 4.96. The van der Waals surface area contributed by atoms with Crippen LogP contribution in [0.2, 0.25) is 0 Å². The van der Waals surface area contributed by atoms with Gasteiger partial charge in [0.05, 0.1) is 11.3 Å². The van der Waals surface area contributed by atoms with Crippen molar-refractivity contribution in [2.75, 3.05) is 0 Å². The predicted molar refractivity (Wildman–Crippen MR) is 63.3 cm³/mol. The van der Waals surface area contributed by atoms with Crippen LogP contribution in [-0.2, 0) is 12.7 Å². The van der Waals surface area contributed by atoms with Gasteiger partial charge in [0, 0.05) is 0 Å². The lowest BCUT2D eigenvalue weighted by atomic mass is 10.2. The molecule has 21 heavy (non-hydrogen) atoms. The Hall–Kier alpha value is -2.78. The molecule has 108 valence electrons. The van der Waals surface area contributed by atoms with Crippen LogP contribution in [0.3, 0.4) is 0 Å². The molecule has 3 aromatic rings.